The van der Waals surface area contributed by atoms with Crippen LogP contribution in [-0.4, -0.2) is 25.0 Å². The predicted octanol–water partition coefficient (Wildman–Crippen LogP) is 3.65. The molecule has 0 bridgehead atoms. The summed E-state index contributed by atoms with van der Waals surface area (Å²) in [6.07, 6.45) is -0.272. The molecule has 0 amide bonds. The van der Waals surface area contributed by atoms with Crippen molar-refractivity contribution in [2.24, 2.45) is 0 Å². The Morgan fingerprint density at radius 2 is 1.65 bits per heavy atom. The molecular formula is C19H22O4. The zero-order valence-corrected chi connectivity index (χ0v) is 14.2. The second kappa shape index (κ2) is 6.41. The monoisotopic (exact) mass is 314 g/mol. The Kier molecular flexibility index (Phi) is 4.73. The van der Waals surface area contributed by atoms with Gasteiger partial charge in [0, 0.05) is 0 Å². The van der Waals surface area contributed by atoms with Crippen molar-refractivity contribution >= 4 is 22.5 Å². The second-order valence-corrected chi connectivity index (χ2v) is 6.06. The molecule has 23 heavy (non-hydrogen) atoms. The first-order chi connectivity index (χ1) is 10.8. The summed E-state index contributed by atoms with van der Waals surface area (Å²) in [6.45, 7) is 6.57. The van der Waals surface area contributed by atoms with Crippen molar-refractivity contribution in [2.45, 2.75) is 39.2 Å². The molecule has 0 aliphatic rings. The summed E-state index contributed by atoms with van der Waals surface area (Å²) >= 11 is 0. The first-order valence-corrected chi connectivity index (χ1v) is 7.59. The molecule has 0 heterocycles. The van der Waals surface area contributed by atoms with Gasteiger partial charge in [0.15, 0.2) is 5.78 Å². The lowest BCUT2D eigenvalue weighted by molar-refractivity contribution is -0.156. The highest BCUT2D eigenvalue weighted by molar-refractivity contribution is 6.09. The number of ether oxygens (including phenoxy) is 2. The molecule has 0 spiro atoms. The Hall–Kier alpha value is -2.36. The lowest BCUT2D eigenvalue weighted by Crippen LogP contribution is -2.42. The number of ketones is 1. The van der Waals surface area contributed by atoms with Gasteiger partial charge in [0.05, 0.1) is 13.2 Å². The van der Waals surface area contributed by atoms with Crippen molar-refractivity contribution in [3.63, 3.8) is 0 Å². The summed E-state index contributed by atoms with van der Waals surface area (Å²) in [4.78, 5) is 24.7. The fourth-order valence-corrected chi connectivity index (χ4v) is 2.46. The van der Waals surface area contributed by atoms with Gasteiger partial charge in [0.25, 0.3) is 0 Å². The Balaban J connectivity index is 2.53. The van der Waals surface area contributed by atoms with Crippen molar-refractivity contribution in [1.29, 1.82) is 0 Å². The molecule has 4 nitrogen and oxygen atoms in total. The molecule has 1 atom stereocenters. The Bertz CT molecular complexity index is 748. The van der Waals surface area contributed by atoms with E-state index in [1.165, 1.54) is 6.92 Å². The van der Waals surface area contributed by atoms with Crippen LogP contribution in [0.4, 0.5) is 0 Å². The Morgan fingerprint density at radius 3 is 2.22 bits per heavy atom. The lowest BCUT2D eigenvalue weighted by atomic mass is 9.78. The second-order valence-electron chi connectivity index (χ2n) is 6.06. The number of rotatable bonds is 5. The van der Waals surface area contributed by atoms with Crippen molar-refractivity contribution in [2.75, 3.05) is 7.11 Å². The number of esters is 1. The molecule has 0 saturated heterocycles. The van der Waals surface area contributed by atoms with Crippen LogP contribution in [0, 0.1) is 0 Å². The topological polar surface area (TPSA) is 52.6 Å². The van der Waals surface area contributed by atoms with E-state index in [1.807, 2.05) is 30.3 Å². The minimum Gasteiger partial charge on any atom is -0.497 e. The van der Waals surface area contributed by atoms with Crippen LogP contribution in [0.2, 0.25) is 0 Å². The van der Waals surface area contributed by atoms with E-state index < -0.39 is 11.4 Å². The molecule has 0 unspecified atom stereocenters. The highest BCUT2D eigenvalue weighted by Gasteiger charge is 2.42. The van der Waals surface area contributed by atoms with Crippen LogP contribution in [-0.2, 0) is 19.7 Å². The van der Waals surface area contributed by atoms with E-state index in [9.17, 15) is 9.59 Å². The molecule has 4 heteroatoms. The summed E-state index contributed by atoms with van der Waals surface area (Å²) in [5.74, 6) is 0.00247. The number of hydrogen-bond donors (Lipinski definition) is 0. The highest BCUT2D eigenvalue weighted by Crippen LogP contribution is 2.31. The standard InChI is InChI=1S/C19H22O4/c1-12(2)23-18(21)19(4,13(3)20)16-8-6-15-11-17(22-5)9-7-14(15)10-16/h6-12H,1-5H3/t19-/m0/s1. The molecule has 0 aromatic heterocycles. The fourth-order valence-electron chi connectivity index (χ4n) is 2.46. The molecule has 0 aliphatic heterocycles. The summed E-state index contributed by atoms with van der Waals surface area (Å²) in [5, 5.41) is 1.92. The van der Waals surface area contributed by atoms with Gasteiger partial charge < -0.3 is 9.47 Å². The van der Waals surface area contributed by atoms with Crippen LogP contribution >= 0.6 is 0 Å². The molecule has 2 aromatic rings. The number of carbonyl (C=O) groups is 2. The van der Waals surface area contributed by atoms with E-state index in [0.29, 0.717) is 5.56 Å². The maximum Gasteiger partial charge on any atom is 0.324 e. The van der Waals surface area contributed by atoms with Crippen molar-refractivity contribution in [3.05, 3.63) is 42.0 Å². The maximum atomic E-state index is 12.5. The van der Waals surface area contributed by atoms with Gasteiger partial charge in [-0.1, -0.05) is 18.2 Å². The van der Waals surface area contributed by atoms with Gasteiger partial charge in [-0.05, 0) is 62.2 Å². The highest BCUT2D eigenvalue weighted by atomic mass is 16.5. The fraction of sp³-hybridized carbons (Fsp3) is 0.368. The van der Waals surface area contributed by atoms with Gasteiger partial charge in [-0.2, -0.15) is 0 Å². The van der Waals surface area contributed by atoms with E-state index in [4.69, 9.17) is 9.47 Å². The third-order valence-corrected chi connectivity index (χ3v) is 4.08. The first-order valence-electron chi connectivity index (χ1n) is 7.59. The van der Waals surface area contributed by atoms with Crippen LogP contribution in [0.15, 0.2) is 36.4 Å². The van der Waals surface area contributed by atoms with E-state index >= 15 is 0 Å². The van der Waals surface area contributed by atoms with Crippen molar-refractivity contribution in [3.8, 4) is 5.75 Å². The minimum atomic E-state index is -1.31. The normalized spacial score (nSPS) is 13.7. The summed E-state index contributed by atoms with van der Waals surface area (Å²) in [6, 6.07) is 11.2. The largest absolute Gasteiger partial charge is 0.497 e. The van der Waals surface area contributed by atoms with Gasteiger partial charge in [-0.15, -0.1) is 0 Å². The van der Waals surface area contributed by atoms with Crippen LogP contribution in [0.3, 0.4) is 0 Å². The first kappa shape index (κ1) is 17.0. The molecule has 0 radical (unpaired) electrons. The van der Waals surface area contributed by atoms with E-state index in [-0.39, 0.29) is 11.9 Å². The van der Waals surface area contributed by atoms with Crippen molar-refractivity contribution in [1.82, 2.24) is 0 Å². The van der Waals surface area contributed by atoms with Crippen LogP contribution in [0.1, 0.15) is 33.3 Å². The maximum absolute atomic E-state index is 12.5. The van der Waals surface area contributed by atoms with Gasteiger partial charge in [-0.3, -0.25) is 9.59 Å². The molecule has 122 valence electrons. The number of fused-ring (bicyclic) bond motifs is 1. The quantitative estimate of drug-likeness (QED) is 0.624. The zero-order valence-electron chi connectivity index (χ0n) is 14.2. The molecule has 0 fully saturated rings. The summed E-state index contributed by atoms with van der Waals surface area (Å²) in [7, 11) is 1.62. The third kappa shape index (κ3) is 3.21. The zero-order chi connectivity index (χ0) is 17.2. The SMILES string of the molecule is COc1ccc2cc([C@](C)(C(C)=O)C(=O)OC(C)C)ccc2c1. The van der Waals surface area contributed by atoms with E-state index in [2.05, 4.69) is 0 Å². The molecule has 0 N–H and O–H groups in total. The van der Waals surface area contributed by atoms with E-state index in [1.54, 1.807) is 33.9 Å². The van der Waals surface area contributed by atoms with Gasteiger partial charge >= 0.3 is 5.97 Å². The number of hydrogen-bond acceptors (Lipinski definition) is 4. The molecule has 0 saturated carbocycles. The van der Waals surface area contributed by atoms with Crippen molar-refractivity contribution < 1.29 is 19.1 Å². The Labute approximate surface area is 136 Å². The minimum absolute atomic E-state index is 0.240. The number of carbonyl (C=O) groups excluding carboxylic acids is 2. The number of benzene rings is 2. The van der Waals surface area contributed by atoms with Gasteiger partial charge in [0.2, 0.25) is 0 Å². The lowest BCUT2D eigenvalue weighted by Gasteiger charge is -2.26. The predicted molar refractivity (Wildman–Crippen MR) is 89.8 cm³/mol. The molecule has 2 rings (SSSR count). The Morgan fingerprint density at radius 1 is 1.04 bits per heavy atom. The third-order valence-electron chi connectivity index (χ3n) is 4.08. The molecular weight excluding hydrogens is 292 g/mol. The molecule has 0 aliphatic carbocycles. The van der Waals surface area contributed by atoms with Gasteiger partial charge in [0.1, 0.15) is 11.2 Å². The van der Waals surface area contributed by atoms with Gasteiger partial charge in [-0.25, -0.2) is 0 Å². The smallest absolute Gasteiger partial charge is 0.324 e. The summed E-state index contributed by atoms with van der Waals surface area (Å²) in [5.41, 5.74) is -0.674. The molecule has 2 aromatic carbocycles. The van der Waals surface area contributed by atoms with Crippen LogP contribution in [0.25, 0.3) is 10.8 Å². The average molecular weight is 314 g/mol. The van der Waals surface area contributed by atoms with Crippen LogP contribution < -0.4 is 4.74 Å². The average Bonchev–Trinajstić information content (AvgIpc) is 2.52. The van der Waals surface area contributed by atoms with E-state index in [0.717, 1.165) is 16.5 Å². The van der Waals surface area contributed by atoms with Crippen LogP contribution in [0.5, 0.6) is 5.75 Å². The number of Topliss-reactive ketones (excluding diaryl/α,β-unsaturated/α-hetero) is 1. The summed E-state index contributed by atoms with van der Waals surface area (Å²) < 4.78 is 10.5. The number of methoxy groups -OCH3 is 1.